The molecular formula is C20H16N2OS. The zero-order chi connectivity index (χ0) is 17.1. The van der Waals surface area contributed by atoms with E-state index in [1.165, 1.54) is 0 Å². The van der Waals surface area contributed by atoms with Crippen LogP contribution in [0.1, 0.15) is 21.5 Å². The number of aryl methyl sites for hydroxylation is 1. The molecule has 0 aliphatic heterocycles. The molecule has 1 aromatic heterocycles. The third-order valence-corrected chi connectivity index (χ3v) is 4.84. The summed E-state index contributed by atoms with van der Waals surface area (Å²) in [6.07, 6.45) is 0. The first-order valence-corrected chi connectivity index (χ1v) is 8.40. The lowest BCUT2D eigenvalue weighted by atomic mass is 10.1. The minimum Gasteiger partial charge on any atom is -0.311 e. The first kappa shape index (κ1) is 16.0. The second-order valence-corrected chi connectivity index (χ2v) is 6.50. The number of rotatable bonds is 3. The molecule has 118 valence electrons. The smallest absolute Gasteiger partial charge is 0.258 e. The molecule has 3 rings (SSSR count). The summed E-state index contributed by atoms with van der Waals surface area (Å²) in [6, 6.07) is 19.2. The van der Waals surface area contributed by atoms with Gasteiger partial charge in [0.2, 0.25) is 0 Å². The van der Waals surface area contributed by atoms with Gasteiger partial charge in [0.25, 0.3) is 5.91 Å². The molecule has 3 aromatic rings. The Kier molecular flexibility index (Phi) is 4.45. The third kappa shape index (κ3) is 3.22. The monoisotopic (exact) mass is 332 g/mol. The Hall–Kier alpha value is -2.90. The van der Waals surface area contributed by atoms with Gasteiger partial charge in [0, 0.05) is 22.9 Å². The van der Waals surface area contributed by atoms with Crippen molar-refractivity contribution in [2.45, 2.75) is 6.92 Å². The van der Waals surface area contributed by atoms with E-state index in [2.05, 4.69) is 6.07 Å². The van der Waals surface area contributed by atoms with E-state index in [4.69, 9.17) is 5.26 Å². The van der Waals surface area contributed by atoms with Gasteiger partial charge >= 0.3 is 0 Å². The Bertz CT molecular complexity index is 902. The van der Waals surface area contributed by atoms with Crippen molar-refractivity contribution in [3.63, 3.8) is 0 Å². The summed E-state index contributed by atoms with van der Waals surface area (Å²) < 4.78 is 0. The van der Waals surface area contributed by atoms with Crippen molar-refractivity contribution in [2.24, 2.45) is 0 Å². The molecule has 1 amide bonds. The van der Waals surface area contributed by atoms with Gasteiger partial charge in [0.1, 0.15) is 0 Å². The lowest BCUT2D eigenvalue weighted by Gasteiger charge is -2.15. The molecule has 0 aliphatic carbocycles. The quantitative estimate of drug-likeness (QED) is 0.686. The predicted octanol–water partition coefficient (Wildman–Crippen LogP) is 4.87. The lowest BCUT2D eigenvalue weighted by Crippen LogP contribution is -2.25. The molecule has 0 saturated carbocycles. The maximum atomic E-state index is 12.6. The van der Waals surface area contributed by atoms with Crippen LogP contribution in [0, 0.1) is 18.3 Å². The fourth-order valence-corrected chi connectivity index (χ4v) is 3.30. The van der Waals surface area contributed by atoms with Crippen molar-refractivity contribution in [1.29, 1.82) is 5.26 Å². The van der Waals surface area contributed by atoms with Gasteiger partial charge in [-0.3, -0.25) is 4.79 Å². The fraction of sp³-hybridized carbons (Fsp3) is 0.100. The number of nitriles is 1. The molecule has 2 aromatic carbocycles. The van der Waals surface area contributed by atoms with E-state index in [0.29, 0.717) is 11.1 Å². The highest BCUT2D eigenvalue weighted by atomic mass is 32.1. The van der Waals surface area contributed by atoms with Gasteiger partial charge in [0.05, 0.1) is 17.3 Å². The summed E-state index contributed by atoms with van der Waals surface area (Å²) in [6.45, 7) is 2.00. The highest BCUT2D eigenvalue weighted by molar-refractivity contribution is 7.14. The van der Waals surface area contributed by atoms with Gasteiger partial charge < -0.3 is 4.90 Å². The fourth-order valence-electron chi connectivity index (χ4n) is 2.37. The van der Waals surface area contributed by atoms with Crippen molar-refractivity contribution in [2.75, 3.05) is 11.9 Å². The van der Waals surface area contributed by atoms with E-state index in [9.17, 15) is 4.79 Å². The molecule has 0 aliphatic rings. The Morgan fingerprint density at radius 3 is 2.38 bits per heavy atom. The Balaban J connectivity index is 1.82. The molecule has 0 unspecified atom stereocenters. The van der Waals surface area contributed by atoms with E-state index in [1.807, 2.05) is 54.8 Å². The van der Waals surface area contributed by atoms with Crippen LogP contribution >= 0.6 is 11.3 Å². The lowest BCUT2D eigenvalue weighted by molar-refractivity contribution is 0.0993. The van der Waals surface area contributed by atoms with E-state index < -0.39 is 0 Å². The number of benzene rings is 2. The van der Waals surface area contributed by atoms with Crippen molar-refractivity contribution >= 4 is 22.9 Å². The standard InChI is InChI=1S/C20H16N2OS/c1-14-3-7-17(8-4-14)20(23)22(2)18-11-19(24-13-18)16-9-5-15(12-21)6-10-16/h3-11,13H,1-2H3. The Morgan fingerprint density at radius 1 is 1.08 bits per heavy atom. The first-order chi connectivity index (χ1) is 11.6. The van der Waals surface area contributed by atoms with Crippen LogP contribution in [0.25, 0.3) is 10.4 Å². The summed E-state index contributed by atoms with van der Waals surface area (Å²) in [5, 5.41) is 10.8. The molecular weight excluding hydrogens is 316 g/mol. The van der Waals surface area contributed by atoms with Gasteiger partial charge in [-0.25, -0.2) is 0 Å². The van der Waals surface area contributed by atoms with E-state index in [0.717, 1.165) is 21.7 Å². The molecule has 0 radical (unpaired) electrons. The molecule has 0 N–H and O–H groups in total. The number of anilines is 1. The van der Waals surface area contributed by atoms with Crippen LogP contribution < -0.4 is 4.90 Å². The van der Waals surface area contributed by atoms with Crippen LogP contribution in [0.4, 0.5) is 5.69 Å². The number of amides is 1. The SMILES string of the molecule is Cc1ccc(C(=O)N(C)c2csc(-c3ccc(C#N)cc3)c2)cc1. The average molecular weight is 332 g/mol. The molecule has 24 heavy (non-hydrogen) atoms. The molecule has 0 spiro atoms. The summed E-state index contributed by atoms with van der Waals surface area (Å²) in [7, 11) is 1.78. The number of thiophene rings is 1. The van der Waals surface area contributed by atoms with E-state index >= 15 is 0 Å². The van der Waals surface area contributed by atoms with Gasteiger partial charge in [-0.15, -0.1) is 11.3 Å². The van der Waals surface area contributed by atoms with Crippen LogP contribution in [0.3, 0.4) is 0 Å². The second kappa shape index (κ2) is 6.69. The van der Waals surface area contributed by atoms with Crippen LogP contribution in [-0.2, 0) is 0 Å². The Labute approximate surface area is 145 Å². The highest BCUT2D eigenvalue weighted by Crippen LogP contribution is 2.32. The van der Waals surface area contributed by atoms with Gasteiger partial charge in [-0.05, 0) is 42.8 Å². The number of hydrogen-bond acceptors (Lipinski definition) is 3. The summed E-state index contributed by atoms with van der Waals surface area (Å²) in [5.74, 6) is -0.0285. The van der Waals surface area contributed by atoms with Gasteiger partial charge in [0.15, 0.2) is 0 Å². The summed E-state index contributed by atoms with van der Waals surface area (Å²) in [5.41, 5.74) is 4.36. The molecule has 0 saturated heterocycles. The van der Waals surface area contributed by atoms with Crippen LogP contribution in [-0.4, -0.2) is 13.0 Å². The largest absolute Gasteiger partial charge is 0.311 e. The van der Waals surface area contributed by atoms with Crippen molar-refractivity contribution in [3.8, 4) is 16.5 Å². The maximum Gasteiger partial charge on any atom is 0.258 e. The van der Waals surface area contributed by atoms with E-state index in [1.54, 1.807) is 35.4 Å². The Morgan fingerprint density at radius 2 is 1.75 bits per heavy atom. The molecule has 1 heterocycles. The van der Waals surface area contributed by atoms with Crippen molar-refractivity contribution in [3.05, 3.63) is 76.7 Å². The molecule has 0 bridgehead atoms. The minimum atomic E-state index is -0.0285. The second-order valence-electron chi connectivity index (χ2n) is 5.59. The summed E-state index contributed by atoms with van der Waals surface area (Å²) >= 11 is 1.58. The topological polar surface area (TPSA) is 44.1 Å². The minimum absolute atomic E-state index is 0.0285. The van der Waals surface area contributed by atoms with Crippen LogP contribution in [0.15, 0.2) is 60.0 Å². The zero-order valence-corrected chi connectivity index (χ0v) is 14.3. The molecule has 4 heteroatoms. The maximum absolute atomic E-state index is 12.6. The van der Waals surface area contributed by atoms with Crippen LogP contribution in [0.5, 0.6) is 0 Å². The number of carbonyl (C=O) groups excluding carboxylic acids is 1. The third-order valence-electron chi connectivity index (χ3n) is 3.87. The molecule has 0 fully saturated rings. The first-order valence-electron chi connectivity index (χ1n) is 7.52. The van der Waals surface area contributed by atoms with Crippen LogP contribution in [0.2, 0.25) is 0 Å². The van der Waals surface area contributed by atoms with Gasteiger partial charge in [-0.2, -0.15) is 5.26 Å². The van der Waals surface area contributed by atoms with Gasteiger partial charge in [-0.1, -0.05) is 29.8 Å². The van der Waals surface area contributed by atoms with Crippen molar-refractivity contribution in [1.82, 2.24) is 0 Å². The zero-order valence-electron chi connectivity index (χ0n) is 13.5. The number of hydrogen-bond donors (Lipinski definition) is 0. The molecule has 3 nitrogen and oxygen atoms in total. The normalized spacial score (nSPS) is 10.2. The molecule has 0 atom stereocenters. The number of carbonyl (C=O) groups is 1. The number of nitrogens with zero attached hydrogens (tertiary/aromatic N) is 2. The highest BCUT2D eigenvalue weighted by Gasteiger charge is 2.15. The van der Waals surface area contributed by atoms with E-state index in [-0.39, 0.29) is 5.91 Å². The average Bonchev–Trinajstić information content (AvgIpc) is 3.11. The van der Waals surface area contributed by atoms with Crippen molar-refractivity contribution < 1.29 is 4.79 Å². The predicted molar refractivity (Wildman–Crippen MR) is 98.4 cm³/mol. The summed E-state index contributed by atoms with van der Waals surface area (Å²) in [4.78, 5) is 15.3.